The second kappa shape index (κ2) is 4.86. The van der Waals surface area contributed by atoms with Gasteiger partial charge in [-0.15, -0.1) is 0 Å². The minimum absolute atomic E-state index is 0.0310. The van der Waals surface area contributed by atoms with Gasteiger partial charge in [-0.3, -0.25) is 0 Å². The van der Waals surface area contributed by atoms with Crippen molar-refractivity contribution in [3.05, 3.63) is 57.7 Å². The van der Waals surface area contributed by atoms with Crippen molar-refractivity contribution in [3.8, 4) is 17.5 Å². The minimum atomic E-state index is 0.0310. The molecule has 0 radical (unpaired) electrons. The van der Waals surface area contributed by atoms with Gasteiger partial charge in [0.05, 0.1) is 16.1 Å². The molecule has 0 amide bonds. The number of hydrogen-bond acceptors (Lipinski definition) is 2. The number of nitrogens with zero attached hydrogens (tertiary/aromatic N) is 2. The van der Waals surface area contributed by atoms with Crippen LogP contribution in [0.2, 0.25) is 5.02 Å². The molecule has 98 valence electrons. The normalized spacial score (nSPS) is 10.7. The third-order valence-corrected chi connectivity index (χ3v) is 4.17. The number of aromatic nitrogens is 1. The average molecular weight is 348 g/mol. The second-order valence-corrected chi connectivity index (χ2v) is 5.42. The van der Waals surface area contributed by atoms with Crippen LogP contribution in [0.3, 0.4) is 0 Å². The molecule has 0 saturated carbocycles. The number of hydrogen-bond donors (Lipinski definition) is 1. The predicted octanol–water partition coefficient (Wildman–Crippen LogP) is 4.62. The third-order valence-electron chi connectivity index (χ3n) is 3.12. The number of benzene rings is 2. The van der Waals surface area contributed by atoms with Crippen molar-refractivity contribution < 1.29 is 5.11 Å². The molecular formula is C15H8BrClN2O. The Hall–Kier alpha value is -1.96. The largest absolute Gasteiger partial charge is 0.506 e. The summed E-state index contributed by atoms with van der Waals surface area (Å²) in [4.78, 5) is 0. The summed E-state index contributed by atoms with van der Waals surface area (Å²) >= 11 is 9.43. The van der Waals surface area contributed by atoms with E-state index >= 15 is 0 Å². The first-order valence-electron chi connectivity index (χ1n) is 5.81. The second-order valence-electron chi connectivity index (χ2n) is 4.27. The Morgan fingerprint density at radius 2 is 1.95 bits per heavy atom. The monoisotopic (exact) mass is 346 g/mol. The first kappa shape index (κ1) is 13.0. The Balaban J connectivity index is 2.39. The van der Waals surface area contributed by atoms with E-state index in [1.807, 2.05) is 28.8 Å². The van der Waals surface area contributed by atoms with Gasteiger partial charge in [0.2, 0.25) is 0 Å². The van der Waals surface area contributed by atoms with Crippen molar-refractivity contribution in [2.75, 3.05) is 0 Å². The van der Waals surface area contributed by atoms with Crippen LogP contribution in [0, 0.1) is 11.3 Å². The number of rotatable bonds is 1. The van der Waals surface area contributed by atoms with Crippen LogP contribution in [0.15, 0.2) is 47.1 Å². The van der Waals surface area contributed by atoms with Crippen LogP contribution in [0.1, 0.15) is 5.56 Å². The van der Waals surface area contributed by atoms with Crippen molar-refractivity contribution in [2.24, 2.45) is 0 Å². The lowest BCUT2D eigenvalue weighted by atomic mass is 10.2. The molecule has 0 aliphatic carbocycles. The van der Waals surface area contributed by atoms with Crippen LogP contribution in [-0.4, -0.2) is 9.67 Å². The number of phenols is 1. The fraction of sp³-hybridized carbons (Fsp3) is 0. The molecule has 0 atom stereocenters. The summed E-state index contributed by atoms with van der Waals surface area (Å²) in [5, 5.41) is 20.0. The van der Waals surface area contributed by atoms with Gasteiger partial charge >= 0.3 is 0 Å². The van der Waals surface area contributed by atoms with Crippen molar-refractivity contribution in [1.29, 1.82) is 5.26 Å². The predicted molar refractivity (Wildman–Crippen MR) is 82.4 cm³/mol. The quantitative estimate of drug-likeness (QED) is 0.698. The van der Waals surface area contributed by atoms with Gasteiger partial charge in [0.25, 0.3) is 0 Å². The van der Waals surface area contributed by atoms with E-state index in [4.69, 9.17) is 11.6 Å². The van der Waals surface area contributed by atoms with Crippen LogP contribution >= 0.6 is 27.5 Å². The molecule has 0 saturated heterocycles. The van der Waals surface area contributed by atoms with Gasteiger partial charge in [-0.2, -0.15) is 5.26 Å². The molecule has 3 aromatic rings. The lowest BCUT2D eigenvalue weighted by molar-refractivity contribution is 0.475. The molecule has 1 aromatic heterocycles. The van der Waals surface area contributed by atoms with Gasteiger partial charge < -0.3 is 9.67 Å². The van der Waals surface area contributed by atoms with Gasteiger partial charge in [0, 0.05) is 11.1 Å². The number of halogens is 2. The van der Waals surface area contributed by atoms with E-state index in [1.165, 1.54) is 6.07 Å². The highest BCUT2D eigenvalue weighted by Crippen LogP contribution is 2.34. The highest BCUT2D eigenvalue weighted by Gasteiger charge is 2.16. The first-order chi connectivity index (χ1) is 9.63. The highest BCUT2D eigenvalue weighted by molar-refractivity contribution is 9.10. The SMILES string of the molecule is N#Cc1c(Br)n(-c2ccc(O)c(Cl)c2)c2ccccc12. The molecular weight excluding hydrogens is 340 g/mol. The zero-order valence-electron chi connectivity index (χ0n) is 10.1. The standard InChI is InChI=1S/C15H8BrClN2O/c16-15-11(8-18)10-3-1-2-4-13(10)19(15)9-5-6-14(20)12(17)7-9/h1-7,20H. The molecule has 2 aromatic carbocycles. The molecule has 0 aliphatic rings. The Kier molecular flexibility index (Phi) is 3.17. The van der Waals surface area contributed by atoms with Gasteiger partial charge in [0.1, 0.15) is 16.4 Å². The first-order valence-corrected chi connectivity index (χ1v) is 6.98. The molecule has 0 bridgehead atoms. The van der Waals surface area contributed by atoms with Crippen LogP contribution in [0.4, 0.5) is 0 Å². The fourth-order valence-corrected chi connectivity index (χ4v) is 3.08. The zero-order valence-corrected chi connectivity index (χ0v) is 12.5. The smallest absolute Gasteiger partial charge is 0.134 e. The molecule has 0 fully saturated rings. The third kappa shape index (κ3) is 1.87. The Bertz CT molecular complexity index is 864. The molecule has 3 rings (SSSR count). The lowest BCUT2D eigenvalue weighted by Gasteiger charge is -2.08. The molecule has 0 spiro atoms. The molecule has 5 heteroatoms. The molecule has 0 unspecified atom stereocenters. The number of nitriles is 1. The molecule has 3 nitrogen and oxygen atoms in total. The number of para-hydroxylation sites is 1. The van der Waals surface area contributed by atoms with E-state index in [0.29, 0.717) is 10.2 Å². The summed E-state index contributed by atoms with van der Waals surface area (Å²) in [6, 6.07) is 14.8. The van der Waals surface area contributed by atoms with Crippen molar-refractivity contribution in [1.82, 2.24) is 4.57 Å². The van der Waals surface area contributed by atoms with E-state index in [9.17, 15) is 10.4 Å². The summed E-state index contributed by atoms with van der Waals surface area (Å²) in [5.41, 5.74) is 2.25. The minimum Gasteiger partial charge on any atom is -0.506 e. The Labute approximate surface area is 128 Å². The number of phenolic OH excluding ortho intramolecular Hbond substituents is 1. The zero-order chi connectivity index (χ0) is 14.3. The molecule has 0 aliphatic heterocycles. The topological polar surface area (TPSA) is 49.0 Å². The van der Waals surface area contributed by atoms with Gasteiger partial charge in [-0.25, -0.2) is 0 Å². The van der Waals surface area contributed by atoms with Gasteiger partial charge in [-0.1, -0.05) is 29.8 Å². The maximum atomic E-state index is 9.52. The summed E-state index contributed by atoms with van der Waals surface area (Å²) in [6.07, 6.45) is 0. The lowest BCUT2D eigenvalue weighted by Crippen LogP contribution is -1.94. The summed E-state index contributed by atoms with van der Waals surface area (Å²) < 4.78 is 2.56. The fourth-order valence-electron chi connectivity index (χ4n) is 2.20. The maximum Gasteiger partial charge on any atom is 0.134 e. The highest BCUT2D eigenvalue weighted by atomic mass is 79.9. The summed E-state index contributed by atoms with van der Waals surface area (Å²) in [5.74, 6) is 0.0310. The van der Waals surface area contributed by atoms with Crippen LogP contribution in [-0.2, 0) is 0 Å². The van der Waals surface area contributed by atoms with E-state index < -0.39 is 0 Å². The van der Waals surface area contributed by atoms with E-state index in [0.717, 1.165) is 16.6 Å². The maximum absolute atomic E-state index is 9.52. The summed E-state index contributed by atoms with van der Waals surface area (Å²) in [6.45, 7) is 0. The van der Waals surface area contributed by atoms with Crippen LogP contribution in [0.25, 0.3) is 16.6 Å². The van der Waals surface area contributed by atoms with Crippen molar-refractivity contribution in [2.45, 2.75) is 0 Å². The Morgan fingerprint density at radius 3 is 2.65 bits per heavy atom. The van der Waals surface area contributed by atoms with E-state index in [1.54, 1.807) is 12.1 Å². The van der Waals surface area contributed by atoms with E-state index in [2.05, 4.69) is 22.0 Å². The molecule has 1 N–H and O–H groups in total. The van der Waals surface area contributed by atoms with Crippen molar-refractivity contribution in [3.63, 3.8) is 0 Å². The molecule has 20 heavy (non-hydrogen) atoms. The molecule has 1 heterocycles. The van der Waals surface area contributed by atoms with Gasteiger partial charge in [-0.05, 0) is 40.2 Å². The van der Waals surface area contributed by atoms with Crippen LogP contribution < -0.4 is 0 Å². The van der Waals surface area contributed by atoms with Gasteiger partial charge in [0.15, 0.2) is 0 Å². The number of aromatic hydroxyl groups is 1. The van der Waals surface area contributed by atoms with Crippen molar-refractivity contribution >= 4 is 38.4 Å². The number of fused-ring (bicyclic) bond motifs is 1. The summed E-state index contributed by atoms with van der Waals surface area (Å²) in [7, 11) is 0. The average Bonchev–Trinajstić information content (AvgIpc) is 2.73. The van der Waals surface area contributed by atoms with Crippen LogP contribution in [0.5, 0.6) is 5.75 Å². The van der Waals surface area contributed by atoms with E-state index in [-0.39, 0.29) is 10.8 Å². The Morgan fingerprint density at radius 1 is 1.20 bits per heavy atom.